The van der Waals surface area contributed by atoms with Crippen molar-refractivity contribution in [2.45, 2.75) is 24.7 Å². The molecule has 0 saturated carbocycles. The summed E-state index contributed by atoms with van der Waals surface area (Å²) >= 11 is 1.33. The topological polar surface area (TPSA) is 78.3 Å². The zero-order valence-corrected chi connectivity index (χ0v) is 19.9. The minimum atomic E-state index is -0.412. The molecule has 4 aromatic rings. The number of hydrogen-bond acceptors (Lipinski definition) is 6. The lowest BCUT2D eigenvalue weighted by Gasteiger charge is -2.18. The van der Waals surface area contributed by atoms with Gasteiger partial charge in [-0.15, -0.1) is 10.2 Å². The summed E-state index contributed by atoms with van der Waals surface area (Å²) in [5.41, 5.74) is 1.95. The van der Waals surface area contributed by atoms with Crippen molar-refractivity contribution in [1.29, 1.82) is 0 Å². The third-order valence-electron chi connectivity index (χ3n) is 5.07. The van der Waals surface area contributed by atoms with Gasteiger partial charge < -0.3 is 14.8 Å². The maximum absolute atomic E-state index is 12.5. The highest BCUT2D eigenvalue weighted by molar-refractivity contribution is 7.99. The van der Waals surface area contributed by atoms with E-state index in [-0.39, 0.29) is 11.7 Å². The second-order valence-electron chi connectivity index (χ2n) is 7.47. The van der Waals surface area contributed by atoms with Crippen molar-refractivity contribution < 1.29 is 14.3 Å². The number of nitrogens with zero attached hydrogens (tertiary/aromatic N) is 3. The lowest BCUT2D eigenvalue weighted by atomic mass is 10.2. The number of benzene rings is 3. The van der Waals surface area contributed by atoms with E-state index in [1.54, 1.807) is 7.11 Å². The van der Waals surface area contributed by atoms with Crippen LogP contribution in [-0.4, -0.2) is 33.5 Å². The van der Waals surface area contributed by atoms with Crippen LogP contribution in [0, 0.1) is 0 Å². The molecule has 3 aromatic carbocycles. The van der Waals surface area contributed by atoms with Gasteiger partial charge in [-0.3, -0.25) is 9.36 Å². The molecule has 0 aliphatic heterocycles. The maximum atomic E-state index is 12.5. The standard InChI is InChI=1S/C26H26N4O3S/c1-19(33-23-16-10-9-15-22(23)32-2)25-28-29-26(30(25)21-13-7-4-8-14-21)34-18-24(31)27-17-20-11-5-3-6-12-20/h3-16,19H,17-18H2,1-2H3,(H,27,31). The maximum Gasteiger partial charge on any atom is 0.230 e. The van der Waals surface area contributed by atoms with Crippen LogP contribution in [0.4, 0.5) is 0 Å². The van der Waals surface area contributed by atoms with Crippen LogP contribution in [0.1, 0.15) is 24.4 Å². The molecule has 4 rings (SSSR count). The predicted molar refractivity (Wildman–Crippen MR) is 132 cm³/mol. The molecule has 0 aliphatic carbocycles. The molecule has 7 nitrogen and oxygen atoms in total. The minimum Gasteiger partial charge on any atom is -0.493 e. The number of carbonyl (C=O) groups is 1. The van der Waals surface area contributed by atoms with Crippen molar-refractivity contribution >= 4 is 17.7 Å². The van der Waals surface area contributed by atoms with Crippen LogP contribution in [0.2, 0.25) is 0 Å². The van der Waals surface area contributed by atoms with Gasteiger partial charge >= 0.3 is 0 Å². The number of rotatable bonds is 10. The molecule has 0 bridgehead atoms. The van der Waals surface area contributed by atoms with Crippen LogP contribution < -0.4 is 14.8 Å². The predicted octanol–water partition coefficient (Wildman–Crippen LogP) is 4.82. The van der Waals surface area contributed by atoms with E-state index in [9.17, 15) is 4.79 Å². The molecular weight excluding hydrogens is 448 g/mol. The van der Waals surface area contributed by atoms with Gasteiger partial charge in [0.1, 0.15) is 0 Å². The molecule has 0 aliphatic rings. The summed E-state index contributed by atoms with van der Waals surface area (Å²) in [6, 6.07) is 27.1. The molecule has 0 spiro atoms. The first kappa shape index (κ1) is 23.4. The Kier molecular flexibility index (Phi) is 7.83. The van der Waals surface area contributed by atoms with E-state index >= 15 is 0 Å². The summed E-state index contributed by atoms with van der Waals surface area (Å²) in [6.07, 6.45) is -0.412. The molecular formula is C26H26N4O3S. The Labute approximate surface area is 203 Å². The van der Waals surface area contributed by atoms with E-state index in [2.05, 4.69) is 15.5 Å². The number of amides is 1. The average Bonchev–Trinajstić information content (AvgIpc) is 3.32. The van der Waals surface area contributed by atoms with Gasteiger partial charge in [0.25, 0.3) is 0 Å². The van der Waals surface area contributed by atoms with Crippen LogP contribution in [-0.2, 0) is 11.3 Å². The van der Waals surface area contributed by atoms with E-state index < -0.39 is 6.10 Å². The van der Waals surface area contributed by atoms with Crippen molar-refractivity contribution in [3.05, 3.63) is 96.3 Å². The highest BCUT2D eigenvalue weighted by Crippen LogP contribution is 2.32. The van der Waals surface area contributed by atoms with Gasteiger partial charge in [0.2, 0.25) is 5.91 Å². The van der Waals surface area contributed by atoms with Crippen LogP contribution in [0.3, 0.4) is 0 Å². The molecule has 1 heterocycles. The first-order chi connectivity index (χ1) is 16.7. The highest BCUT2D eigenvalue weighted by Gasteiger charge is 2.22. The molecule has 1 N–H and O–H groups in total. The number of carbonyl (C=O) groups excluding carboxylic acids is 1. The zero-order chi connectivity index (χ0) is 23.8. The summed E-state index contributed by atoms with van der Waals surface area (Å²) in [7, 11) is 1.61. The quantitative estimate of drug-likeness (QED) is 0.332. The molecule has 1 amide bonds. The Hall–Kier alpha value is -3.78. The van der Waals surface area contributed by atoms with E-state index in [1.807, 2.05) is 96.4 Å². The lowest BCUT2D eigenvalue weighted by molar-refractivity contribution is -0.118. The number of methoxy groups -OCH3 is 1. The summed E-state index contributed by atoms with van der Waals surface area (Å²) in [4.78, 5) is 12.5. The first-order valence-electron chi connectivity index (χ1n) is 10.9. The number of nitrogens with one attached hydrogen (secondary N) is 1. The van der Waals surface area contributed by atoms with Gasteiger partial charge in [-0.25, -0.2) is 0 Å². The number of aromatic nitrogens is 3. The van der Waals surface area contributed by atoms with Gasteiger partial charge in [0.15, 0.2) is 28.6 Å². The Morgan fingerprint density at radius 3 is 2.29 bits per heavy atom. The van der Waals surface area contributed by atoms with Crippen LogP contribution in [0.5, 0.6) is 11.5 Å². The third kappa shape index (κ3) is 5.77. The first-order valence-corrected chi connectivity index (χ1v) is 11.9. The molecule has 0 radical (unpaired) electrons. The Balaban J connectivity index is 1.51. The summed E-state index contributed by atoms with van der Waals surface area (Å²) in [5.74, 6) is 2.04. The normalized spacial score (nSPS) is 11.6. The van der Waals surface area contributed by atoms with Crippen molar-refractivity contribution in [3.8, 4) is 17.2 Å². The van der Waals surface area contributed by atoms with Crippen LogP contribution >= 0.6 is 11.8 Å². The monoisotopic (exact) mass is 474 g/mol. The summed E-state index contributed by atoms with van der Waals surface area (Å²) in [6.45, 7) is 2.40. The molecule has 1 atom stereocenters. The van der Waals surface area contributed by atoms with E-state index in [0.717, 1.165) is 11.3 Å². The summed E-state index contributed by atoms with van der Waals surface area (Å²) in [5, 5.41) is 12.3. The second kappa shape index (κ2) is 11.4. The van der Waals surface area contributed by atoms with Crippen molar-refractivity contribution in [3.63, 3.8) is 0 Å². The van der Waals surface area contributed by atoms with Crippen molar-refractivity contribution in [1.82, 2.24) is 20.1 Å². The molecule has 0 saturated heterocycles. The molecule has 8 heteroatoms. The molecule has 174 valence electrons. The van der Waals surface area contributed by atoms with E-state index in [0.29, 0.717) is 29.0 Å². The number of para-hydroxylation sites is 3. The van der Waals surface area contributed by atoms with Gasteiger partial charge in [0.05, 0.1) is 12.9 Å². The lowest BCUT2D eigenvalue weighted by Crippen LogP contribution is -2.24. The zero-order valence-electron chi connectivity index (χ0n) is 19.0. The number of ether oxygens (including phenoxy) is 2. The molecule has 1 unspecified atom stereocenters. The molecule has 34 heavy (non-hydrogen) atoms. The van der Waals surface area contributed by atoms with E-state index in [1.165, 1.54) is 11.8 Å². The Morgan fingerprint density at radius 2 is 1.59 bits per heavy atom. The van der Waals surface area contributed by atoms with Crippen molar-refractivity contribution in [2.75, 3.05) is 12.9 Å². The van der Waals surface area contributed by atoms with Crippen LogP contribution in [0.25, 0.3) is 5.69 Å². The van der Waals surface area contributed by atoms with Gasteiger partial charge in [-0.05, 0) is 36.8 Å². The Morgan fingerprint density at radius 1 is 0.941 bits per heavy atom. The largest absolute Gasteiger partial charge is 0.493 e. The average molecular weight is 475 g/mol. The number of thioether (sulfide) groups is 1. The number of hydrogen-bond donors (Lipinski definition) is 1. The fraction of sp³-hybridized carbons (Fsp3) is 0.192. The SMILES string of the molecule is COc1ccccc1OC(C)c1nnc(SCC(=O)NCc2ccccc2)n1-c1ccccc1. The fourth-order valence-electron chi connectivity index (χ4n) is 3.39. The minimum absolute atomic E-state index is 0.0728. The summed E-state index contributed by atoms with van der Waals surface area (Å²) < 4.78 is 13.5. The third-order valence-corrected chi connectivity index (χ3v) is 6.00. The fourth-order valence-corrected chi connectivity index (χ4v) is 4.18. The van der Waals surface area contributed by atoms with Crippen molar-refractivity contribution in [2.24, 2.45) is 0 Å². The van der Waals surface area contributed by atoms with Gasteiger partial charge in [-0.1, -0.05) is 72.4 Å². The molecule has 1 aromatic heterocycles. The Bertz CT molecular complexity index is 1220. The van der Waals surface area contributed by atoms with Crippen LogP contribution in [0.15, 0.2) is 90.1 Å². The highest BCUT2D eigenvalue weighted by atomic mass is 32.2. The van der Waals surface area contributed by atoms with Gasteiger partial charge in [0, 0.05) is 12.2 Å². The smallest absolute Gasteiger partial charge is 0.230 e. The van der Waals surface area contributed by atoms with E-state index in [4.69, 9.17) is 9.47 Å². The second-order valence-corrected chi connectivity index (χ2v) is 8.42. The molecule has 0 fully saturated rings. The van der Waals surface area contributed by atoms with Gasteiger partial charge in [-0.2, -0.15) is 0 Å².